The first-order valence-corrected chi connectivity index (χ1v) is 9.95. The summed E-state index contributed by atoms with van der Waals surface area (Å²) in [5.74, 6) is -0.364. The number of hydrogen-bond acceptors (Lipinski definition) is 6. The summed E-state index contributed by atoms with van der Waals surface area (Å²) in [6.45, 7) is 5.65. The monoisotopic (exact) mass is 425 g/mol. The number of amides is 1. The molecule has 2 aliphatic heterocycles. The van der Waals surface area contributed by atoms with E-state index in [1.165, 1.54) is 11.0 Å². The van der Waals surface area contributed by atoms with Crippen molar-refractivity contribution in [2.75, 3.05) is 55.6 Å². The first-order valence-electron chi connectivity index (χ1n) is 9.14. The minimum absolute atomic E-state index is 0.326. The van der Waals surface area contributed by atoms with Crippen LogP contribution in [0.15, 0.2) is 18.2 Å². The van der Waals surface area contributed by atoms with Crippen LogP contribution in [0.5, 0.6) is 0 Å². The molecule has 7 nitrogen and oxygen atoms in total. The van der Waals surface area contributed by atoms with Gasteiger partial charge in [0.05, 0.1) is 34.4 Å². The summed E-state index contributed by atoms with van der Waals surface area (Å²) in [6.07, 6.45) is -0.808. The van der Waals surface area contributed by atoms with Gasteiger partial charge >= 0.3 is 6.09 Å². The normalized spacial score (nSPS) is 19.6. The Kier molecular flexibility index (Phi) is 6.63. The molecule has 1 aromatic carbocycles. The van der Waals surface area contributed by atoms with E-state index in [-0.39, 0.29) is 11.9 Å². The molecule has 1 unspecified atom stereocenters. The quantitative estimate of drug-likeness (QED) is 0.688. The topological polar surface area (TPSA) is 74.1 Å². The van der Waals surface area contributed by atoms with Gasteiger partial charge in [-0.2, -0.15) is 0 Å². The van der Waals surface area contributed by atoms with Crippen LogP contribution in [0.3, 0.4) is 0 Å². The van der Waals surface area contributed by atoms with Crippen LogP contribution in [0.2, 0.25) is 0 Å². The van der Waals surface area contributed by atoms with Crippen LogP contribution in [0, 0.1) is 5.82 Å². The number of carbonyl (C=O) groups is 1. The van der Waals surface area contributed by atoms with E-state index in [1.54, 1.807) is 19.1 Å². The second-order valence-electron chi connectivity index (χ2n) is 6.76. The van der Waals surface area contributed by atoms with Crippen molar-refractivity contribution in [3.63, 3.8) is 0 Å². The molecule has 1 amide bonds. The number of piperazine rings is 1. The number of ether oxygens (including phenoxy) is 1. The molecule has 2 saturated heterocycles. The Balaban J connectivity index is 1.64. The smallest absolute Gasteiger partial charge is 0.414 e. The Morgan fingerprint density at radius 1 is 1.32 bits per heavy atom. The lowest BCUT2D eigenvalue weighted by Gasteiger charge is -2.37. The molecule has 1 atom stereocenters. The maximum absolute atomic E-state index is 14.8. The summed E-state index contributed by atoms with van der Waals surface area (Å²) in [5.41, 5.74) is 6.59. The van der Waals surface area contributed by atoms with Gasteiger partial charge in [-0.15, -0.1) is 0 Å². The van der Waals surface area contributed by atoms with Gasteiger partial charge in [0.25, 0.3) is 0 Å². The highest BCUT2D eigenvalue weighted by Crippen LogP contribution is 2.28. The first kappa shape index (κ1) is 20.7. The molecule has 0 aromatic heterocycles. The first-order chi connectivity index (χ1) is 13.4. The number of benzene rings is 1. The van der Waals surface area contributed by atoms with Crippen molar-refractivity contribution in [1.82, 2.24) is 10.2 Å². The average molecular weight is 426 g/mol. The highest BCUT2D eigenvalue weighted by Gasteiger charge is 2.33. The molecule has 10 heteroatoms. The second-order valence-corrected chi connectivity index (χ2v) is 7.84. The van der Waals surface area contributed by atoms with E-state index in [9.17, 15) is 9.18 Å². The number of halogens is 1. The van der Waals surface area contributed by atoms with Gasteiger partial charge in [-0.3, -0.25) is 4.90 Å². The Bertz CT molecular complexity index is 770. The average Bonchev–Trinajstić information content (AvgIpc) is 3.06. The van der Waals surface area contributed by atoms with Crippen LogP contribution in [-0.4, -0.2) is 72.9 Å². The van der Waals surface area contributed by atoms with E-state index < -0.39 is 6.09 Å². The van der Waals surface area contributed by atoms with Gasteiger partial charge < -0.3 is 25.6 Å². The molecule has 152 valence electrons. The third-order valence-corrected chi connectivity index (χ3v) is 5.41. The van der Waals surface area contributed by atoms with Crippen LogP contribution in [0.25, 0.3) is 0 Å². The lowest BCUT2D eigenvalue weighted by atomic mass is 10.2. The van der Waals surface area contributed by atoms with Gasteiger partial charge in [-0.1, -0.05) is 24.4 Å². The maximum atomic E-state index is 14.8. The number of carbonyl (C=O) groups excluding carboxylic acids is 1. The van der Waals surface area contributed by atoms with E-state index in [1.807, 2.05) is 4.90 Å². The fraction of sp³-hybridized carbons (Fsp3) is 0.500. The Labute approximate surface area is 174 Å². The number of anilines is 2. The van der Waals surface area contributed by atoms with Crippen molar-refractivity contribution in [3.8, 4) is 0 Å². The molecule has 2 fully saturated rings. The van der Waals surface area contributed by atoms with Crippen molar-refractivity contribution in [2.24, 2.45) is 5.73 Å². The van der Waals surface area contributed by atoms with Gasteiger partial charge in [-0.05, 0) is 25.1 Å². The van der Waals surface area contributed by atoms with E-state index >= 15 is 0 Å². The molecule has 0 bridgehead atoms. The lowest BCUT2D eigenvalue weighted by Crippen LogP contribution is -2.50. The largest absolute Gasteiger partial charge is 0.442 e. The van der Waals surface area contributed by atoms with Crippen molar-refractivity contribution >= 4 is 51.9 Å². The predicted molar refractivity (Wildman–Crippen MR) is 116 cm³/mol. The van der Waals surface area contributed by atoms with E-state index in [0.717, 1.165) is 4.99 Å². The maximum Gasteiger partial charge on any atom is 0.414 e. The predicted octanol–water partition coefficient (Wildman–Crippen LogP) is 1.50. The van der Waals surface area contributed by atoms with Crippen LogP contribution >= 0.6 is 24.4 Å². The summed E-state index contributed by atoms with van der Waals surface area (Å²) in [6, 6.07) is 4.84. The molecule has 0 aliphatic carbocycles. The number of thiocarbonyl (C=S) groups is 2. The van der Waals surface area contributed by atoms with Gasteiger partial charge in [-0.25, -0.2) is 9.18 Å². The van der Waals surface area contributed by atoms with Crippen LogP contribution < -0.4 is 20.9 Å². The Morgan fingerprint density at radius 3 is 2.64 bits per heavy atom. The number of hydrogen-bond donors (Lipinski definition) is 2. The number of nitrogens with two attached hydrogens (primary N) is 1. The molecule has 1 aromatic rings. The van der Waals surface area contributed by atoms with E-state index in [2.05, 4.69) is 10.2 Å². The van der Waals surface area contributed by atoms with Crippen LogP contribution in [0.4, 0.5) is 20.6 Å². The molecule has 28 heavy (non-hydrogen) atoms. The molecule has 0 spiro atoms. The third-order valence-electron chi connectivity index (χ3n) is 4.84. The summed E-state index contributed by atoms with van der Waals surface area (Å²) in [7, 11) is 0. The minimum Gasteiger partial charge on any atom is -0.442 e. The van der Waals surface area contributed by atoms with Crippen molar-refractivity contribution in [3.05, 3.63) is 24.0 Å². The van der Waals surface area contributed by atoms with Crippen molar-refractivity contribution in [2.45, 2.75) is 13.0 Å². The number of nitrogens with one attached hydrogen (secondary N) is 1. The van der Waals surface area contributed by atoms with Crippen molar-refractivity contribution in [1.29, 1.82) is 0 Å². The highest BCUT2D eigenvalue weighted by molar-refractivity contribution is 7.80. The zero-order chi connectivity index (χ0) is 20.3. The number of rotatable bonds is 5. The number of cyclic esters (lactones) is 1. The van der Waals surface area contributed by atoms with Gasteiger partial charge in [0.15, 0.2) is 0 Å². The molecular weight excluding hydrogens is 401 g/mol. The fourth-order valence-electron chi connectivity index (χ4n) is 3.34. The Hall–Kier alpha value is -2.04. The Morgan fingerprint density at radius 2 is 2.04 bits per heavy atom. The van der Waals surface area contributed by atoms with Gasteiger partial charge in [0, 0.05) is 32.7 Å². The molecular formula is C18H24FN5O2S2. The SMILES string of the molecule is CC(=S)NCC1CN(c2ccc(N3CCN(C(=S)CN)CC3)c(F)c2)C(=O)O1. The number of nitrogens with zero attached hydrogens (tertiary/aromatic N) is 3. The van der Waals surface area contributed by atoms with Crippen molar-refractivity contribution < 1.29 is 13.9 Å². The fourth-order valence-corrected chi connectivity index (χ4v) is 3.61. The van der Waals surface area contributed by atoms with Crippen LogP contribution in [-0.2, 0) is 4.74 Å². The molecule has 3 N–H and O–H groups in total. The standard InChI is InChI=1S/C18H24FN5O2S2/c1-12(27)21-10-14-11-24(18(25)26-14)13-2-3-16(15(19)8-13)22-4-6-23(7-5-22)17(28)9-20/h2-3,8,14H,4-7,9-11,20H2,1H3,(H,21,27). The summed E-state index contributed by atoms with van der Waals surface area (Å²) in [5, 5.41) is 2.99. The minimum atomic E-state index is -0.482. The van der Waals surface area contributed by atoms with Crippen LogP contribution in [0.1, 0.15) is 6.92 Å². The zero-order valence-corrected chi connectivity index (χ0v) is 17.3. The van der Waals surface area contributed by atoms with Gasteiger partial charge in [0.1, 0.15) is 11.9 Å². The summed E-state index contributed by atoms with van der Waals surface area (Å²) in [4.78, 5) is 19.0. The zero-order valence-electron chi connectivity index (χ0n) is 15.7. The highest BCUT2D eigenvalue weighted by atomic mass is 32.1. The molecule has 2 heterocycles. The lowest BCUT2D eigenvalue weighted by molar-refractivity contribution is 0.143. The summed E-state index contributed by atoms with van der Waals surface area (Å²) >= 11 is 10.2. The summed E-state index contributed by atoms with van der Waals surface area (Å²) < 4.78 is 20.1. The van der Waals surface area contributed by atoms with Gasteiger partial charge in [0.2, 0.25) is 0 Å². The van der Waals surface area contributed by atoms with E-state index in [0.29, 0.717) is 62.2 Å². The molecule has 0 saturated carbocycles. The third kappa shape index (κ3) is 4.68. The van der Waals surface area contributed by atoms with E-state index in [4.69, 9.17) is 34.9 Å². The molecule has 3 rings (SSSR count). The second kappa shape index (κ2) is 8.97. The molecule has 0 radical (unpaired) electrons. The molecule has 2 aliphatic rings.